The van der Waals surface area contributed by atoms with Crippen molar-refractivity contribution in [1.82, 2.24) is 20.2 Å². The van der Waals surface area contributed by atoms with Crippen molar-refractivity contribution in [2.75, 3.05) is 25.6 Å². The predicted octanol–water partition coefficient (Wildman–Crippen LogP) is 1.25. The summed E-state index contributed by atoms with van der Waals surface area (Å²) in [5.41, 5.74) is 0. The molecule has 0 saturated carbocycles. The third-order valence-corrected chi connectivity index (χ3v) is 2.84. The zero-order valence-corrected chi connectivity index (χ0v) is 12.0. The van der Waals surface area contributed by atoms with Gasteiger partial charge in [0.15, 0.2) is 0 Å². The van der Waals surface area contributed by atoms with Crippen molar-refractivity contribution < 1.29 is 13.9 Å². The highest BCUT2D eigenvalue weighted by Crippen LogP contribution is 2.25. The Bertz CT molecular complexity index is 601. The monoisotopic (exact) mass is 295 g/mol. The van der Waals surface area contributed by atoms with Crippen molar-refractivity contribution >= 4 is 23.7 Å². The molecule has 0 aromatic carbocycles. The highest BCUT2D eigenvalue weighted by atomic mass is 32.2. The van der Waals surface area contributed by atoms with Gasteiger partial charge >= 0.3 is 11.9 Å². The molecule has 0 fully saturated rings. The van der Waals surface area contributed by atoms with Gasteiger partial charge in [-0.15, -0.1) is 5.10 Å². The Hall–Kier alpha value is -2.16. The number of carbonyl (C=O) groups is 1. The number of anilines is 1. The summed E-state index contributed by atoms with van der Waals surface area (Å²) in [6, 6.07) is 1.71. The van der Waals surface area contributed by atoms with Crippen molar-refractivity contribution in [3.8, 4) is 0 Å². The average Bonchev–Trinajstić information content (AvgIpc) is 2.88. The lowest BCUT2D eigenvalue weighted by molar-refractivity contribution is 0.0475. The van der Waals surface area contributed by atoms with Gasteiger partial charge in [0, 0.05) is 20.3 Å². The largest absolute Gasteiger partial charge is 0.459 e. The van der Waals surface area contributed by atoms with Gasteiger partial charge in [-0.25, -0.2) is 14.8 Å². The quantitative estimate of drug-likeness (QED) is 0.596. The number of ether oxygens (including phenoxy) is 1. The van der Waals surface area contributed by atoms with Crippen molar-refractivity contribution in [3.63, 3.8) is 0 Å². The van der Waals surface area contributed by atoms with E-state index in [9.17, 15) is 4.79 Å². The molecular formula is C11H13N5O3S. The number of nitrogens with zero attached hydrogens (tertiary/aromatic N) is 5. The highest BCUT2D eigenvalue weighted by Gasteiger charge is 2.17. The third kappa shape index (κ3) is 3.44. The van der Waals surface area contributed by atoms with Crippen LogP contribution in [0.25, 0.3) is 0 Å². The van der Waals surface area contributed by atoms with Crippen LogP contribution in [0.4, 0.5) is 5.95 Å². The molecule has 106 valence electrons. The fourth-order valence-corrected chi connectivity index (χ4v) is 1.86. The van der Waals surface area contributed by atoms with Gasteiger partial charge in [0.1, 0.15) is 5.03 Å². The molecule has 0 spiro atoms. The van der Waals surface area contributed by atoms with E-state index in [1.807, 2.05) is 14.1 Å². The number of esters is 1. The van der Waals surface area contributed by atoms with E-state index in [-0.39, 0.29) is 17.7 Å². The highest BCUT2D eigenvalue weighted by molar-refractivity contribution is 7.99. The molecule has 0 atom stereocenters. The van der Waals surface area contributed by atoms with E-state index in [1.54, 1.807) is 24.1 Å². The second-order valence-corrected chi connectivity index (χ2v) is 4.76. The van der Waals surface area contributed by atoms with E-state index < -0.39 is 5.97 Å². The molecule has 2 aromatic heterocycles. The number of hydrogen-bond acceptors (Lipinski definition) is 9. The smallest absolute Gasteiger partial charge is 0.396 e. The van der Waals surface area contributed by atoms with E-state index in [2.05, 4.69) is 20.2 Å². The van der Waals surface area contributed by atoms with Crippen molar-refractivity contribution in [2.24, 2.45) is 0 Å². The number of aromatic nitrogens is 4. The molecule has 20 heavy (non-hydrogen) atoms. The van der Waals surface area contributed by atoms with Gasteiger partial charge < -0.3 is 14.1 Å². The summed E-state index contributed by atoms with van der Waals surface area (Å²) in [6.07, 6.45) is 1.63. The number of rotatable bonds is 5. The van der Waals surface area contributed by atoms with Crippen LogP contribution in [-0.4, -0.2) is 46.8 Å². The Kier molecular flexibility index (Phi) is 4.51. The van der Waals surface area contributed by atoms with E-state index in [1.165, 1.54) is 0 Å². The van der Waals surface area contributed by atoms with E-state index in [0.29, 0.717) is 11.0 Å². The van der Waals surface area contributed by atoms with Crippen LogP contribution in [0.15, 0.2) is 26.9 Å². The van der Waals surface area contributed by atoms with Gasteiger partial charge in [-0.1, -0.05) is 5.10 Å². The van der Waals surface area contributed by atoms with E-state index in [4.69, 9.17) is 9.15 Å². The molecule has 0 bridgehead atoms. The molecule has 0 amide bonds. The second kappa shape index (κ2) is 6.33. The Morgan fingerprint density at radius 2 is 2.25 bits per heavy atom. The van der Waals surface area contributed by atoms with Gasteiger partial charge in [0.25, 0.3) is 5.22 Å². The molecule has 2 rings (SSSR count). The summed E-state index contributed by atoms with van der Waals surface area (Å²) >= 11 is 1.15. The Balaban J connectivity index is 2.10. The summed E-state index contributed by atoms with van der Waals surface area (Å²) in [4.78, 5) is 21.6. The van der Waals surface area contributed by atoms with Crippen molar-refractivity contribution in [1.29, 1.82) is 0 Å². The van der Waals surface area contributed by atoms with Crippen LogP contribution in [0.5, 0.6) is 0 Å². The molecule has 0 aliphatic rings. The molecular weight excluding hydrogens is 282 g/mol. The first-order valence-electron chi connectivity index (χ1n) is 5.79. The van der Waals surface area contributed by atoms with Crippen LogP contribution in [0, 0.1) is 0 Å². The maximum Gasteiger partial charge on any atom is 0.396 e. The zero-order valence-electron chi connectivity index (χ0n) is 11.2. The minimum atomic E-state index is -0.636. The fourth-order valence-electron chi connectivity index (χ4n) is 1.22. The normalized spacial score (nSPS) is 10.3. The molecule has 2 aromatic rings. The SMILES string of the molecule is CCOC(=O)c1nnc(Sc2ccnc(N(C)C)n2)o1. The van der Waals surface area contributed by atoms with Gasteiger partial charge in [0.05, 0.1) is 6.61 Å². The molecule has 0 N–H and O–H groups in total. The van der Waals surface area contributed by atoms with Crippen LogP contribution in [0.2, 0.25) is 0 Å². The predicted molar refractivity (Wildman–Crippen MR) is 70.7 cm³/mol. The molecule has 0 saturated heterocycles. The molecule has 0 aliphatic carbocycles. The van der Waals surface area contributed by atoms with E-state index in [0.717, 1.165) is 11.8 Å². The lowest BCUT2D eigenvalue weighted by Crippen LogP contribution is -2.12. The standard InChI is InChI=1S/C11H13N5O3S/c1-4-18-9(17)8-14-15-11(19-8)20-7-5-6-12-10(13-7)16(2)3/h5-6H,4H2,1-3H3. The summed E-state index contributed by atoms with van der Waals surface area (Å²) in [5, 5.41) is 8.24. The Labute approximate surface area is 119 Å². The fraction of sp³-hybridized carbons (Fsp3) is 0.364. The topological polar surface area (TPSA) is 94.2 Å². The van der Waals surface area contributed by atoms with Gasteiger partial charge in [-0.2, -0.15) is 0 Å². The third-order valence-electron chi connectivity index (χ3n) is 2.07. The molecule has 2 heterocycles. The second-order valence-electron chi connectivity index (χ2n) is 3.78. The minimum Gasteiger partial charge on any atom is -0.459 e. The van der Waals surface area contributed by atoms with E-state index >= 15 is 0 Å². The summed E-state index contributed by atoms with van der Waals surface area (Å²) < 4.78 is 9.96. The first-order chi connectivity index (χ1) is 9.60. The summed E-state index contributed by atoms with van der Waals surface area (Å²) in [7, 11) is 3.69. The average molecular weight is 295 g/mol. The molecule has 8 nitrogen and oxygen atoms in total. The Morgan fingerprint density at radius 3 is 2.95 bits per heavy atom. The minimum absolute atomic E-state index is 0.170. The number of carbonyl (C=O) groups excluding carboxylic acids is 1. The van der Waals surface area contributed by atoms with Crippen LogP contribution < -0.4 is 4.90 Å². The lowest BCUT2D eigenvalue weighted by Gasteiger charge is -2.09. The first kappa shape index (κ1) is 14.3. The summed E-state index contributed by atoms with van der Waals surface area (Å²) in [5.74, 6) is -0.236. The van der Waals surface area contributed by atoms with Crippen LogP contribution in [0.3, 0.4) is 0 Å². The van der Waals surface area contributed by atoms with Gasteiger partial charge in [-0.05, 0) is 24.8 Å². The Morgan fingerprint density at radius 1 is 1.45 bits per heavy atom. The molecule has 9 heteroatoms. The van der Waals surface area contributed by atoms with Crippen molar-refractivity contribution in [3.05, 3.63) is 18.2 Å². The van der Waals surface area contributed by atoms with Gasteiger partial charge in [0.2, 0.25) is 5.95 Å². The summed E-state index contributed by atoms with van der Waals surface area (Å²) in [6.45, 7) is 1.95. The first-order valence-corrected chi connectivity index (χ1v) is 6.60. The number of hydrogen-bond donors (Lipinski definition) is 0. The molecule has 0 aliphatic heterocycles. The lowest BCUT2D eigenvalue weighted by atomic mass is 10.6. The molecule has 0 unspecified atom stereocenters. The molecule has 0 radical (unpaired) electrons. The maximum atomic E-state index is 11.4. The maximum absolute atomic E-state index is 11.4. The van der Waals surface area contributed by atoms with Crippen molar-refractivity contribution in [2.45, 2.75) is 17.2 Å². The zero-order chi connectivity index (χ0) is 14.5. The van der Waals surface area contributed by atoms with Gasteiger partial charge in [-0.3, -0.25) is 0 Å². The van der Waals surface area contributed by atoms with Crippen LogP contribution >= 0.6 is 11.8 Å². The van der Waals surface area contributed by atoms with Crippen LogP contribution in [0.1, 0.15) is 17.6 Å². The van der Waals surface area contributed by atoms with Crippen LogP contribution in [-0.2, 0) is 4.74 Å².